The minimum Gasteiger partial charge on any atom is -0.378 e. The number of nitrogens with zero attached hydrogens (tertiary/aromatic N) is 1. The Bertz CT molecular complexity index is 561. The van der Waals surface area contributed by atoms with Gasteiger partial charge in [0.05, 0.1) is 15.7 Å². The van der Waals surface area contributed by atoms with Crippen LogP contribution in [0.25, 0.3) is 0 Å². The average molecular weight is 307 g/mol. The summed E-state index contributed by atoms with van der Waals surface area (Å²) in [5.41, 5.74) is 2.55. The zero-order valence-corrected chi connectivity index (χ0v) is 13.0. The van der Waals surface area contributed by atoms with Crippen molar-refractivity contribution in [1.29, 1.82) is 0 Å². The first-order valence-corrected chi connectivity index (χ1v) is 8.34. The summed E-state index contributed by atoms with van der Waals surface area (Å²) in [6.45, 7) is 3.18. The summed E-state index contributed by atoms with van der Waals surface area (Å²) in [5, 5.41) is 3.55. The van der Waals surface area contributed by atoms with Crippen molar-refractivity contribution in [3.8, 4) is 0 Å². The van der Waals surface area contributed by atoms with E-state index in [2.05, 4.69) is 40.5 Å². The Labute approximate surface area is 129 Å². The summed E-state index contributed by atoms with van der Waals surface area (Å²) in [4.78, 5) is 3.76. The topological polar surface area (TPSA) is 15.3 Å². The molecule has 2 nitrogen and oxygen atoms in total. The SMILES string of the molecule is Clc1ccc(CNc2ccccc2N2CCCCC2)s1. The summed E-state index contributed by atoms with van der Waals surface area (Å²) < 4.78 is 0.853. The van der Waals surface area contributed by atoms with Gasteiger partial charge < -0.3 is 10.2 Å². The lowest BCUT2D eigenvalue weighted by atomic mass is 10.1. The number of thiophene rings is 1. The standard InChI is InChI=1S/C16H19ClN2S/c17-16-9-8-13(20-16)12-18-14-6-2-3-7-15(14)19-10-4-1-5-11-19/h2-3,6-9,18H,1,4-5,10-12H2. The largest absolute Gasteiger partial charge is 0.378 e. The third-order valence-corrected chi connectivity index (χ3v) is 4.91. The molecule has 2 aromatic rings. The monoisotopic (exact) mass is 306 g/mol. The molecule has 0 amide bonds. The van der Waals surface area contributed by atoms with Crippen LogP contribution in [0.4, 0.5) is 11.4 Å². The molecule has 0 saturated carbocycles. The van der Waals surface area contributed by atoms with Crippen molar-refractivity contribution >= 4 is 34.3 Å². The van der Waals surface area contributed by atoms with Crippen LogP contribution in [0.5, 0.6) is 0 Å². The van der Waals surface area contributed by atoms with Gasteiger partial charge in [-0.15, -0.1) is 11.3 Å². The third-order valence-electron chi connectivity index (χ3n) is 3.68. The number of nitrogens with one attached hydrogen (secondary N) is 1. The van der Waals surface area contributed by atoms with Gasteiger partial charge in [-0.3, -0.25) is 0 Å². The molecular formula is C16H19ClN2S. The van der Waals surface area contributed by atoms with Gasteiger partial charge in [0.1, 0.15) is 0 Å². The Morgan fingerprint density at radius 2 is 1.85 bits per heavy atom. The molecule has 1 saturated heterocycles. The molecule has 2 heterocycles. The highest BCUT2D eigenvalue weighted by atomic mass is 35.5. The predicted molar refractivity (Wildman–Crippen MR) is 89.2 cm³/mol. The van der Waals surface area contributed by atoms with Crippen LogP contribution in [-0.4, -0.2) is 13.1 Å². The molecule has 0 bridgehead atoms. The number of piperidine rings is 1. The van der Waals surface area contributed by atoms with E-state index in [4.69, 9.17) is 11.6 Å². The zero-order valence-electron chi connectivity index (χ0n) is 11.4. The highest BCUT2D eigenvalue weighted by Gasteiger charge is 2.13. The summed E-state index contributed by atoms with van der Waals surface area (Å²) in [5.74, 6) is 0. The van der Waals surface area contributed by atoms with Crippen molar-refractivity contribution in [1.82, 2.24) is 0 Å². The van der Waals surface area contributed by atoms with Crippen LogP contribution in [-0.2, 0) is 6.54 Å². The Balaban J connectivity index is 1.72. The minimum absolute atomic E-state index is 0.836. The van der Waals surface area contributed by atoms with E-state index in [-0.39, 0.29) is 0 Å². The molecule has 0 spiro atoms. The molecular weight excluding hydrogens is 288 g/mol. The first-order chi connectivity index (χ1) is 9.83. The smallest absolute Gasteiger partial charge is 0.0931 e. The van der Waals surface area contributed by atoms with Crippen LogP contribution in [0.3, 0.4) is 0 Å². The first kappa shape index (κ1) is 13.8. The number of para-hydroxylation sites is 2. The van der Waals surface area contributed by atoms with Crippen molar-refractivity contribution in [2.45, 2.75) is 25.8 Å². The van der Waals surface area contributed by atoms with Crippen molar-refractivity contribution < 1.29 is 0 Å². The van der Waals surface area contributed by atoms with Gasteiger partial charge in [0.15, 0.2) is 0 Å². The van der Waals surface area contributed by atoms with E-state index in [1.807, 2.05) is 6.07 Å². The van der Waals surface area contributed by atoms with Crippen molar-refractivity contribution in [3.05, 3.63) is 45.6 Å². The second kappa shape index (κ2) is 6.51. The van der Waals surface area contributed by atoms with Crippen LogP contribution < -0.4 is 10.2 Å². The third kappa shape index (κ3) is 3.28. The molecule has 1 aromatic carbocycles. The highest BCUT2D eigenvalue weighted by molar-refractivity contribution is 7.16. The normalized spacial score (nSPS) is 15.3. The van der Waals surface area contributed by atoms with Crippen LogP contribution in [0.15, 0.2) is 36.4 Å². The average Bonchev–Trinajstić information content (AvgIpc) is 2.92. The van der Waals surface area contributed by atoms with Gasteiger partial charge in [-0.25, -0.2) is 0 Å². The maximum Gasteiger partial charge on any atom is 0.0931 e. The molecule has 4 heteroatoms. The van der Waals surface area contributed by atoms with Crippen molar-refractivity contribution in [2.24, 2.45) is 0 Å². The Morgan fingerprint density at radius 3 is 2.60 bits per heavy atom. The molecule has 0 unspecified atom stereocenters. The van der Waals surface area contributed by atoms with Gasteiger partial charge in [0, 0.05) is 24.5 Å². The fourth-order valence-electron chi connectivity index (χ4n) is 2.66. The molecule has 1 N–H and O–H groups in total. The number of rotatable bonds is 4. The lowest BCUT2D eigenvalue weighted by Crippen LogP contribution is -2.30. The molecule has 1 aliphatic rings. The Morgan fingerprint density at radius 1 is 1.05 bits per heavy atom. The Kier molecular flexibility index (Phi) is 4.48. The van der Waals surface area contributed by atoms with Gasteiger partial charge >= 0.3 is 0 Å². The summed E-state index contributed by atoms with van der Waals surface area (Å²) in [6, 6.07) is 12.6. The number of hydrogen-bond acceptors (Lipinski definition) is 3. The predicted octanol–water partition coefficient (Wildman–Crippen LogP) is 5.00. The second-order valence-electron chi connectivity index (χ2n) is 5.12. The van der Waals surface area contributed by atoms with Gasteiger partial charge in [-0.1, -0.05) is 23.7 Å². The number of benzene rings is 1. The number of hydrogen-bond donors (Lipinski definition) is 1. The first-order valence-electron chi connectivity index (χ1n) is 7.15. The molecule has 106 valence electrons. The van der Waals surface area contributed by atoms with E-state index in [1.54, 1.807) is 11.3 Å². The van der Waals surface area contributed by atoms with E-state index in [0.717, 1.165) is 10.9 Å². The van der Waals surface area contributed by atoms with Crippen LogP contribution in [0, 0.1) is 0 Å². The molecule has 0 atom stereocenters. The molecule has 1 aliphatic heterocycles. The van der Waals surface area contributed by atoms with Crippen LogP contribution in [0.2, 0.25) is 4.34 Å². The zero-order chi connectivity index (χ0) is 13.8. The Hall–Kier alpha value is -1.19. The molecule has 1 aromatic heterocycles. The van der Waals surface area contributed by atoms with E-state index in [0.29, 0.717) is 0 Å². The lowest BCUT2D eigenvalue weighted by Gasteiger charge is -2.30. The molecule has 0 radical (unpaired) electrons. The maximum atomic E-state index is 5.98. The highest BCUT2D eigenvalue weighted by Crippen LogP contribution is 2.29. The van der Waals surface area contributed by atoms with Crippen molar-refractivity contribution in [3.63, 3.8) is 0 Å². The molecule has 3 rings (SSSR count). The van der Waals surface area contributed by atoms with E-state index < -0.39 is 0 Å². The fraction of sp³-hybridized carbons (Fsp3) is 0.375. The van der Waals surface area contributed by atoms with E-state index in [9.17, 15) is 0 Å². The van der Waals surface area contributed by atoms with E-state index in [1.165, 1.54) is 48.6 Å². The van der Waals surface area contributed by atoms with Gasteiger partial charge in [0.2, 0.25) is 0 Å². The maximum absolute atomic E-state index is 5.98. The van der Waals surface area contributed by atoms with Crippen molar-refractivity contribution in [2.75, 3.05) is 23.3 Å². The molecule has 1 fully saturated rings. The summed E-state index contributed by atoms with van der Waals surface area (Å²) in [6.07, 6.45) is 3.96. The summed E-state index contributed by atoms with van der Waals surface area (Å²) in [7, 11) is 0. The fourth-order valence-corrected chi connectivity index (χ4v) is 3.69. The quantitative estimate of drug-likeness (QED) is 0.854. The van der Waals surface area contributed by atoms with E-state index >= 15 is 0 Å². The molecule has 20 heavy (non-hydrogen) atoms. The summed E-state index contributed by atoms with van der Waals surface area (Å²) >= 11 is 7.62. The number of anilines is 2. The second-order valence-corrected chi connectivity index (χ2v) is 6.92. The van der Waals surface area contributed by atoms with Crippen LogP contribution >= 0.6 is 22.9 Å². The number of halogens is 1. The minimum atomic E-state index is 0.836. The van der Waals surface area contributed by atoms with Gasteiger partial charge in [-0.2, -0.15) is 0 Å². The van der Waals surface area contributed by atoms with Gasteiger partial charge in [-0.05, 0) is 43.5 Å². The molecule has 0 aliphatic carbocycles. The van der Waals surface area contributed by atoms with Crippen LogP contribution in [0.1, 0.15) is 24.1 Å². The van der Waals surface area contributed by atoms with Gasteiger partial charge in [0.25, 0.3) is 0 Å². The lowest BCUT2D eigenvalue weighted by molar-refractivity contribution is 0.578.